The van der Waals surface area contributed by atoms with E-state index in [1.165, 1.54) is 0 Å². The third-order valence-corrected chi connectivity index (χ3v) is 4.07. The average molecular weight is 350 g/mol. The van der Waals surface area contributed by atoms with Gasteiger partial charge in [0.05, 0.1) is 4.47 Å². The smallest absolute Gasteiger partial charge is 0.175 e. The van der Waals surface area contributed by atoms with Gasteiger partial charge in [0.1, 0.15) is 19.0 Å². The van der Waals surface area contributed by atoms with Crippen molar-refractivity contribution in [2.45, 2.75) is 13.8 Å². The molecule has 0 atom stereocenters. The molecule has 2 aromatic rings. The Kier molecular flexibility index (Phi) is 3.71. The maximum Gasteiger partial charge on any atom is 0.175 e. The van der Waals surface area contributed by atoms with Crippen molar-refractivity contribution in [1.29, 1.82) is 0 Å². The Bertz CT molecular complexity index is 704. The minimum absolute atomic E-state index is 0.554. The molecule has 0 unspecified atom stereocenters. The molecule has 0 fully saturated rings. The van der Waals surface area contributed by atoms with Crippen molar-refractivity contribution in [1.82, 2.24) is 9.97 Å². The van der Waals surface area contributed by atoms with Crippen LogP contribution in [0.5, 0.6) is 11.5 Å². The van der Waals surface area contributed by atoms with E-state index in [0.29, 0.717) is 19.0 Å². The number of aryl methyl sites for hydroxylation is 1. The van der Waals surface area contributed by atoms with Gasteiger partial charge in [-0.05, 0) is 41.9 Å². The van der Waals surface area contributed by atoms with Crippen molar-refractivity contribution < 1.29 is 9.47 Å². The number of anilines is 1. The molecular weight excluding hydrogens is 334 g/mol. The predicted molar refractivity (Wildman–Crippen MR) is 85.2 cm³/mol. The summed E-state index contributed by atoms with van der Waals surface area (Å²) in [5.41, 5.74) is 2.90. The second-order valence-corrected chi connectivity index (χ2v) is 5.69. The van der Waals surface area contributed by atoms with Crippen LogP contribution >= 0.6 is 15.9 Å². The number of nitrogens with one attached hydrogen (secondary N) is 1. The molecule has 6 heteroatoms. The summed E-state index contributed by atoms with van der Waals surface area (Å²) in [5, 5.41) is 3.10. The predicted octanol–water partition coefficient (Wildman–Crippen LogP) is 3.34. The topological polar surface area (TPSA) is 56.3 Å². The van der Waals surface area contributed by atoms with Crippen molar-refractivity contribution in [3.05, 3.63) is 27.9 Å². The summed E-state index contributed by atoms with van der Waals surface area (Å²) in [6.45, 7) is 5.10. The Hall–Kier alpha value is -1.82. The van der Waals surface area contributed by atoms with Crippen molar-refractivity contribution >= 4 is 21.7 Å². The van der Waals surface area contributed by atoms with E-state index in [4.69, 9.17) is 9.47 Å². The SMILES string of the molecule is CNc1nc(-c2cc(Br)c3c(c2)OCCO3)nc(C)c1C. The molecule has 0 saturated carbocycles. The third-order valence-electron chi connectivity index (χ3n) is 3.48. The van der Waals surface area contributed by atoms with Crippen LogP contribution < -0.4 is 14.8 Å². The molecule has 1 aromatic carbocycles. The first-order valence-electron chi connectivity index (χ1n) is 6.72. The van der Waals surface area contributed by atoms with E-state index in [2.05, 4.69) is 31.2 Å². The van der Waals surface area contributed by atoms with Crippen LogP contribution in [-0.4, -0.2) is 30.2 Å². The first-order valence-corrected chi connectivity index (χ1v) is 7.52. The van der Waals surface area contributed by atoms with Gasteiger partial charge in [-0.25, -0.2) is 9.97 Å². The molecule has 1 aliphatic heterocycles. The van der Waals surface area contributed by atoms with E-state index < -0.39 is 0 Å². The van der Waals surface area contributed by atoms with Gasteiger partial charge in [-0.2, -0.15) is 0 Å². The molecule has 1 aliphatic rings. The van der Waals surface area contributed by atoms with Crippen molar-refractivity contribution in [3.8, 4) is 22.9 Å². The quantitative estimate of drug-likeness (QED) is 0.900. The molecule has 0 bridgehead atoms. The molecule has 0 spiro atoms. The zero-order chi connectivity index (χ0) is 15.0. The van der Waals surface area contributed by atoms with Crippen LogP contribution in [0.15, 0.2) is 16.6 Å². The average Bonchev–Trinajstić information content (AvgIpc) is 2.50. The van der Waals surface area contributed by atoms with Crippen LogP contribution in [0.2, 0.25) is 0 Å². The van der Waals surface area contributed by atoms with Gasteiger partial charge < -0.3 is 14.8 Å². The number of aromatic nitrogens is 2. The van der Waals surface area contributed by atoms with E-state index in [0.717, 1.165) is 38.6 Å². The fraction of sp³-hybridized carbons (Fsp3) is 0.333. The van der Waals surface area contributed by atoms with Gasteiger partial charge >= 0.3 is 0 Å². The Labute approximate surface area is 131 Å². The lowest BCUT2D eigenvalue weighted by atomic mass is 10.1. The number of hydrogen-bond donors (Lipinski definition) is 1. The van der Waals surface area contributed by atoms with Gasteiger partial charge in [0.2, 0.25) is 0 Å². The molecule has 2 heterocycles. The molecule has 21 heavy (non-hydrogen) atoms. The second kappa shape index (κ2) is 5.52. The largest absolute Gasteiger partial charge is 0.486 e. The molecule has 1 N–H and O–H groups in total. The summed E-state index contributed by atoms with van der Waals surface area (Å²) in [6, 6.07) is 3.87. The summed E-state index contributed by atoms with van der Waals surface area (Å²) < 4.78 is 12.1. The van der Waals surface area contributed by atoms with Crippen molar-refractivity contribution in [2.75, 3.05) is 25.6 Å². The Morgan fingerprint density at radius 2 is 1.90 bits per heavy atom. The summed E-state index contributed by atoms with van der Waals surface area (Å²) in [4.78, 5) is 9.15. The first-order chi connectivity index (χ1) is 10.1. The third kappa shape index (κ3) is 2.55. The summed E-state index contributed by atoms with van der Waals surface area (Å²) in [5.74, 6) is 2.96. The van der Waals surface area contributed by atoms with Crippen molar-refractivity contribution in [3.63, 3.8) is 0 Å². The van der Waals surface area contributed by atoms with Crippen LogP contribution in [0.4, 0.5) is 5.82 Å². The van der Waals surface area contributed by atoms with E-state index >= 15 is 0 Å². The minimum atomic E-state index is 0.554. The number of ether oxygens (including phenoxy) is 2. The lowest BCUT2D eigenvalue weighted by Gasteiger charge is -2.20. The van der Waals surface area contributed by atoms with Crippen LogP contribution in [0.3, 0.4) is 0 Å². The molecule has 0 saturated heterocycles. The highest BCUT2D eigenvalue weighted by Gasteiger charge is 2.18. The zero-order valence-electron chi connectivity index (χ0n) is 12.2. The van der Waals surface area contributed by atoms with Crippen molar-refractivity contribution in [2.24, 2.45) is 0 Å². The number of benzene rings is 1. The van der Waals surface area contributed by atoms with Gasteiger partial charge in [0, 0.05) is 23.9 Å². The van der Waals surface area contributed by atoms with E-state index in [9.17, 15) is 0 Å². The molecule has 0 aliphatic carbocycles. The van der Waals surface area contributed by atoms with E-state index in [1.807, 2.05) is 33.0 Å². The molecule has 0 radical (unpaired) electrons. The Morgan fingerprint density at radius 3 is 2.67 bits per heavy atom. The molecular formula is C15H16BrN3O2. The maximum absolute atomic E-state index is 5.65. The second-order valence-electron chi connectivity index (χ2n) is 4.84. The molecule has 0 amide bonds. The Balaban J connectivity index is 2.13. The number of rotatable bonds is 2. The fourth-order valence-corrected chi connectivity index (χ4v) is 2.80. The molecule has 5 nitrogen and oxygen atoms in total. The number of nitrogens with zero attached hydrogens (tertiary/aromatic N) is 2. The lowest BCUT2D eigenvalue weighted by molar-refractivity contribution is 0.170. The molecule has 3 rings (SSSR count). The number of halogens is 1. The fourth-order valence-electron chi connectivity index (χ4n) is 2.24. The van der Waals surface area contributed by atoms with Gasteiger partial charge in [0.15, 0.2) is 17.3 Å². The van der Waals surface area contributed by atoms with Crippen LogP contribution in [0.25, 0.3) is 11.4 Å². The minimum Gasteiger partial charge on any atom is -0.486 e. The maximum atomic E-state index is 5.65. The lowest BCUT2D eigenvalue weighted by Crippen LogP contribution is -2.15. The number of fused-ring (bicyclic) bond motifs is 1. The monoisotopic (exact) mass is 349 g/mol. The van der Waals surface area contributed by atoms with Crippen LogP contribution in [0, 0.1) is 13.8 Å². The highest BCUT2D eigenvalue weighted by Crippen LogP contribution is 2.40. The first kappa shape index (κ1) is 14.1. The van der Waals surface area contributed by atoms with E-state index in [1.54, 1.807) is 0 Å². The van der Waals surface area contributed by atoms with Gasteiger partial charge in [-0.1, -0.05) is 0 Å². The normalized spacial score (nSPS) is 13.1. The van der Waals surface area contributed by atoms with Gasteiger partial charge in [-0.15, -0.1) is 0 Å². The standard InChI is InChI=1S/C15H16BrN3O2/c1-8-9(2)18-15(19-14(8)17-3)10-6-11(16)13-12(7-10)20-4-5-21-13/h6-7H,4-5H2,1-3H3,(H,17,18,19). The van der Waals surface area contributed by atoms with Gasteiger partial charge in [0.25, 0.3) is 0 Å². The van der Waals surface area contributed by atoms with E-state index in [-0.39, 0.29) is 0 Å². The highest BCUT2D eigenvalue weighted by molar-refractivity contribution is 9.10. The van der Waals surface area contributed by atoms with Crippen LogP contribution in [0.1, 0.15) is 11.3 Å². The molecule has 1 aromatic heterocycles. The number of hydrogen-bond acceptors (Lipinski definition) is 5. The zero-order valence-corrected chi connectivity index (χ0v) is 13.7. The van der Waals surface area contributed by atoms with Gasteiger partial charge in [-0.3, -0.25) is 0 Å². The molecule has 110 valence electrons. The Morgan fingerprint density at radius 1 is 1.14 bits per heavy atom. The summed E-state index contributed by atoms with van der Waals surface area (Å²) in [7, 11) is 1.86. The summed E-state index contributed by atoms with van der Waals surface area (Å²) >= 11 is 3.52. The highest BCUT2D eigenvalue weighted by atomic mass is 79.9. The van der Waals surface area contributed by atoms with Crippen LogP contribution in [-0.2, 0) is 0 Å². The summed E-state index contributed by atoms with van der Waals surface area (Å²) in [6.07, 6.45) is 0.